The van der Waals surface area contributed by atoms with Crippen LogP contribution in [0.25, 0.3) is 0 Å². The van der Waals surface area contributed by atoms with E-state index in [2.05, 4.69) is 40.1 Å². The van der Waals surface area contributed by atoms with E-state index in [1.54, 1.807) is 6.21 Å². The molecule has 2 aliphatic rings. The zero-order valence-corrected chi connectivity index (χ0v) is 16.3. The largest absolute Gasteiger partial charge is 0.396 e. The highest BCUT2D eigenvalue weighted by Gasteiger charge is 2.20. The van der Waals surface area contributed by atoms with E-state index in [1.165, 1.54) is 12.1 Å². The molecular weight excluding hydrogens is 340 g/mol. The first-order valence-electron chi connectivity index (χ1n) is 10.1. The number of hydrazone groups is 1. The minimum atomic E-state index is 0.219. The van der Waals surface area contributed by atoms with Crippen molar-refractivity contribution in [3.05, 3.63) is 29.3 Å². The van der Waals surface area contributed by atoms with E-state index in [9.17, 15) is 5.11 Å². The number of aliphatic hydroxyl groups is 1. The van der Waals surface area contributed by atoms with E-state index in [-0.39, 0.29) is 12.7 Å². The van der Waals surface area contributed by atoms with Crippen molar-refractivity contribution in [2.45, 2.75) is 45.1 Å². The number of ether oxygens (including phenoxy) is 1. The van der Waals surface area contributed by atoms with Gasteiger partial charge < -0.3 is 20.6 Å². The molecular formula is C21H32N4O2. The summed E-state index contributed by atoms with van der Waals surface area (Å²) in [5.41, 5.74) is 4.02. The number of nitrogens with two attached hydrogens (primary N) is 1. The number of aliphatic imine (C=N–C) groups is 1. The standard InChI is InChI=1S/C21H32N4O2/c1-16-11-18(25-9-4-5-17(14-25)15-26)7-8-20(16)21(24-22)13-23-12-19-6-2-3-10-27-19/h7-8,11,13,17,19,26H,2-6,9-10,12,14-15,22H2,1H3/b23-13?,24-21+. The van der Waals surface area contributed by atoms with Crippen LogP contribution in [-0.4, -0.2) is 56.0 Å². The van der Waals surface area contributed by atoms with Crippen molar-refractivity contribution in [3.8, 4) is 0 Å². The average molecular weight is 373 g/mol. The van der Waals surface area contributed by atoms with E-state index >= 15 is 0 Å². The van der Waals surface area contributed by atoms with E-state index < -0.39 is 0 Å². The van der Waals surface area contributed by atoms with Gasteiger partial charge in [0, 0.05) is 43.8 Å². The Morgan fingerprint density at radius 3 is 2.93 bits per heavy atom. The number of aliphatic hydroxyl groups excluding tert-OH is 1. The maximum atomic E-state index is 9.46. The van der Waals surface area contributed by atoms with Crippen molar-refractivity contribution in [2.75, 3.05) is 37.7 Å². The Hall–Kier alpha value is -1.92. The highest BCUT2D eigenvalue weighted by molar-refractivity contribution is 6.38. The van der Waals surface area contributed by atoms with Gasteiger partial charge in [0.25, 0.3) is 0 Å². The second-order valence-corrected chi connectivity index (χ2v) is 7.63. The van der Waals surface area contributed by atoms with Crippen molar-refractivity contribution in [3.63, 3.8) is 0 Å². The Labute approximate surface area is 162 Å². The summed E-state index contributed by atoms with van der Waals surface area (Å²) in [5, 5.41) is 13.4. The molecule has 6 heteroatoms. The SMILES string of the molecule is Cc1cc(N2CCCC(CO)C2)ccc1/C(C=NCC1CCCCO1)=N/N. The predicted octanol–water partition coefficient (Wildman–Crippen LogP) is 2.51. The summed E-state index contributed by atoms with van der Waals surface area (Å²) in [6.07, 6.45) is 7.65. The van der Waals surface area contributed by atoms with Crippen LogP contribution in [0.5, 0.6) is 0 Å². The van der Waals surface area contributed by atoms with Crippen LogP contribution >= 0.6 is 0 Å². The Morgan fingerprint density at radius 1 is 1.33 bits per heavy atom. The van der Waals surface area contributed by atoms with Crippen molar-refractivity contribution in [1.82, 2.24) is 0 Å². The molecule has 0 spiro atoms. The molecule has 0 aliphatic carbocycles. The first-order valence-corrected chi connectivity index (χ1v) is 10.1. The number of piperidine rings is 1. The van der Waals surface area contributed by atoms with Crippen LogP contribution in [0, 0.1) is 12.8 Å². The minimum Gasteiger partial charge on any atom is -0.396 e. The molecule has 6 nitrogen and oxygen atoms in total. The van der Waals surface area contributed by atoms with Crippen molar-refractivity contribution < 1.29 is 9.84 Å². The van der Waals surface area contributed by atoms with Gasteiger partial charge in [0.2, 0.25) is 0 Å². The summed E-state index contributed by atoms with van der Waals surface area (Å²) in [6.45, 7) is 5.79. The molecule has 3 rings (SSSR count). The molecule has 0 saturated carbocycles. The maximum absolute atomic E-state index is 9.46. The van der Waals surface area contributed by atoms with Gasteiger partial charge in [0.1, 0.15) is 5.71 Å². The molecule has 0 aromatic heterocycles. The van der Waals surface area contributed by atoms with Crippen molar-refractivity contribution >= 4 is 17.6 Å². The van der Waals surface area contributed by atoms with Gasteiger partial charge in [-0.2, -0.15) is 5.10 Å². The monoisotopic (exact) mass is 372 g/mol. The quantitative estimate of drug-likeness (QED) is 0.457. The van der Waals surface area contributed by atoms with E-state index in [4.69, 9.17) is 10.6 Å². The molecule has 2 fully saturated rings. The molecule has 3 N–H and O–H groups in total. The Bertz CT molecular complexity index is 668. The Kier molecular flexibility index (Phi) is 7.24. The van der Waals surface area contributed by atoms with Gasteiger partial charge in [0.05, 0.1) is 12.6 Å². The Morgan fingerprint density at radius 2 is 2.22 bits per heavy atom. The third kappa shape index (κ3) is 5.30. The Balaban J connectivity index is 1.66. The number of hydrogen-bond acceptors (Lipinski definition) is 6. The third-order valence-electron chi connectivity index (χ3n) is 5.56. The fourth-order valence-corrected chi connectivity index (χ4v) is 3.96. The number of rotatable bonds is 6. The molecule has 1 aromatic rings. The van der Waals surface area contributed by atoms with Crippen molar-refractivity contribution in [2.24, 2.45) is 21.9 Å². The topological polar surface area (TPSA) is 83.4 Å². The van der Waals surface area contributed by atoms with Crippen LogP contribution in [0.1, 0.15) is 43.2 Å². The van der Waals surface area contributed by atoms with Gasteiger partial charge in [-0.05, 0) is 62.6 Å². The molecule has 148 valence electrons. The molecule has 2 heterocycles. The minimum absolute atomic E-state index is 0.219. The molecule has 27 heavy (non-hydrogen) atoms. The highest BCUT2D eigenvalue weighted by Crippen LogP contribution is 2.25. The van der Waals surface area contributed by atoms with Gasteiger partial charge in [-0.15, -0.1) is 0 Å². The normalized spacial score (nSPS) is 24.5. The number of aryl methyl sites for hydroxylation is 1. The lowest BCUT2D eigenvalue weighted by Crippen LogP contribution is -2.36. The first kappa shape index (κ1) is 19.8. The van der Waals surface area contributed by atoms with Gasteiger partial charge in [-0.25, -0.2) is 0 Å². The average Bonchev–Trinajstić information content (AvgIpc) is 2.72. The predicted molar refractivity (Wildman–Crippen MR) is 111 cm³/mol. The van der Waals surface area contributed by atoms with Gasteiger partial charge in [-0.1, -0.05) is 6.07 Å². The third-order valence-corrected chi connectivity index (χ3v) is 5.56. The zero-order chi connectivity index (χ0) is 19.1. The smallest absolute Gasteiger partial charge is 0.108 e. The zero-order valence-electron chi connectivity index (χ0n) is 16.3. The molecule has 2 unspecified atom stereocenters. The summed E-state index contributed by atoms with van der Waals surface area (Å²) in [4.78, 5) is 6.87. The lowest BCUT2D eigenvalue weighted by molar-refractivity contribution is 0.0226. The summed E-state index contributed by atoms with van der Waals surface area (Å²) >= 11 is 0. The maximum Gasteiger partial charge on any atom is 0.108 e. The fourth-order valence-electron chi connectivity index (χ4n) is 3.96. The van der Waals surface area contributed by atoms with Crippen LogP contribution in [-0.2, 0) is 4.74 Å². The van der Waals surface area contributed by atoms with Crippen LogP contribution in [0.15, 0.2) is 28.3 Å². The van der Waals surface area contributed by atoms with Gasteiger partial charge in [-0.3, -0.25) is 4.99 Å². The fraction of sp³-hybridized carbons (Fsp3) is 0.619. The first-order chi connectivity index (χ1) is 13.2. The van der Waals surface area contributed by atoms with Crippen LogP contribution < -0.4 is 10.7 Å². The summed E-state index contributed by atoms with van der Waals surface area (Å²) in [5.74, 6) is 6.01. The number of hydrogen-bond donors (Lipinski definition) is 2. The number of anilines is 1. The lowest BCUT2D eigenvalue weighted by Gasteiger charge is -2.34. The second-order valence-electron chi connectivity index (χ2n) is 7.63. The molecule has 0 radical (unpaired) electrons. The number of benzene rings is 1. The van der Waals surface area contributed by atoms with E-state index in [0.29, 0.717) is 18.2 Å². The second kappa shape index (κ2) is 9.85. The molecule has 2 saturated heterocycles. The summed E-state index contributed by atoms with van der Waals surface area (Å²) < 4.78 is 5.72. The van der Waals surface area contributed by atoms with Crippen LogP contribution in [0.4, 0.5) is 5.69 Å². The van der Waals surface area contributed by atoms with E-state index in [1.807, 2.05) is 0 Å². The van der Waals surface area contributed by atoms with Crippen LogP contribution in [0.2, 0.25) is 0 Å². The van der Waals surface area contributed by atoms with Crippen LogP contribution in [0.3, 0.4) is 0 Å². The van der Waals surface area contributed by atoms with Gasteiger partial charge >= 0.3 is 0 Å². The molecule has 2 atom stereocenters. The van der Waals surface area contributed by atoms with Gasteiger partial charge in [0.15, 0.2) is 0 Å². The molecule has 1 aromatic carbocycles. The molecule has 0 amide bonds. The number of nitrogens with zero attached hydrogens (tertiary/aromatic N) is 3. The highest BCUT2D eigenvalue weighted by atomic mass is 16.5. The van der Waals surface area contributed by atoms with E-state index in [0.717, 1.165) is 56.5 Å². The molecule has 2 aliphatic heterocycles. The molecule has 0 bridgehead atoms. The van der Waals surface area contributed by atoms with Crippen molar-refractivity contribution in [1.29, 1.82) is 0 Å². The summed E-state index contributed by atoms with van der Waals surface area (Å²) in [7, 11) is 0. The lowest BCUT2D eigenvalue weighted by atomic mass is 9.97. The summed E-state index contributed by atoms with van der Waals surface area (Å²) in [6, 6.07) is 6.37.